The van der Waals surface area contributed by atoms with E-state index >= 15 is 0 Å². The number of rotatable bonds is 6. The standard InChI is InChI=1S/C17H19N3O/c1-21-11-9-13-4-2-3-5-17(13)20-15-6-7-16(19)14(12-15)8-10-18/h2-7,12,20H,8-9,11,19H2,1H3. The average Bonchev–Trinajstić information content (AvgIpc) is 2.50. The topological polar surface area (TPSA) is 71.1 Å². The second-order valence-electron chi connectivity index (χ2n) is 4.77. The molecule has 4 heteroatoms. The van der Waals surface area contributed by atoms with Crippen LogP contribution in [0.3, 0.4) is 0 Å². The largest absolute Gasteiger partial charge is 0.398 e. The fourth-order valence-electron chi connectivity index (χ4n) is 2.15. The molecule has 2 aromatic rings. The first-order valence-corrected chi connectivity index (χ1v) is 6.84. The molecular formula is C17H19N3O. The lowest BCUT2D eigenvalue weighted by atomic mass is 10.1. The fraction of sp³-hybridized carbons (Fsp3) is 0.235. The van der Waals surface area contributed by atoms with Gasteiger partial charge in [-0.2, -0.15) is 5.26 Å². The van der Waals surface area contributed by atoms with E-state index in [2.05, 4.69) is 17.5 Å². The van der Waals surface area contributed by atoms with E-state index in [4.69, 9.17) is 15.7 Å². The molecule has 0 aromatic heterocycles. The highest BCUT2D eigenvalue weighted by Crippen LogP contribution is 2.24. The SMILES string of the molecule is COCCc1ccccc1Nc1ccc(N)c(CC#N)c1. The third-order valence-corrected chi connectivity index (χ3v) is 3.28. The van der Waals surface area contributed by atoms with Crippen molar-refractivity contribution in [1.82, 2.24) is 0 Å². The average molecular weight is 281 g/mol. The van der Waals surface area contributed by atoms with Crippen LogP contribution in [-0.2, 0) is 17.6 Å². The minimum Gasteiger partial charge on any atom is -0.398 e. The van der Waals surface area contributed by atoms with Crippen LogP contribution in [-0.4, -0.2) is 13.7 Å². The Bertz CT molecular complexity index is 647. The smallest absolute Gasteiger partial charge is 0.0670 e. The molecular weight excluding hydrogens is 262 g/mol. The molecule has 3 N–H and O–H groups in total. The van der Waals surface area contributed by atoms with Crippen LogP contribution < -0.4 is 11.1 Å². The number of nitrogen functional groups attached to an aromatic ring is 1. The number of benzene rings is 2. The summed E-state index contributed by atoms with van der Waals surface area (Å²) in [6, 6.07) is 15.9. The molecule has 0 amide bonds. The minimum atomic E-state index is 0.312. The van der Waals surface area contributed by atoms with Crippen molar-refractivity contribution >= 4 is 17.1 Å². The molecule has 0 bridgehead atoms. The van der Waals surface area contributed by atoms with Gasteiger partial charge >= 0.3 is 0 Å². The predicted octanol–water partition coefficient (Wildman–Crippen LogP) is 3.27. The zero-order chi connectivity index (χ0) is 15.1. The summed E-state index contributed by atoms with van der Waals surface area (Å²) < 4.78 is 5.14. The Kier molecular flexibility index (Phi) is 5.19. The van der Waals surface area contributed by atoms with E-state index in [0.717, 1.165) is 23.4 Å². The predicted molar refractivity (Wildman–Crippen MR) is 85.5 cm³/mol. The van der Waals surface area contributed by atoms with Crippen LogP contribution in [0.1, 0.15) is 11.1 Å². The number of ether oxygens (including phenoxy) is 1. The molecule has 2 aromatic carbocycles. The van der Waals surface area contributed by atoms with Crippen molar-refractivity contribution in [2.75, 3.05) is 24.8 Å². The molecule has 0 fully saturated rings. The van der Waals surface area contributed by atoms with Gasteiger partial charge in [-0.15, -0.1) is 0 Å². The third-order valence-electron chi connectivity index (χ3n) is 3.28. The molecule has 0 atom stereocenters. The second kappa shape index (κ2) is 7.32. The lowest BCUT2D eigenvalue weighted by molar-refractivity contribution is 0.202. The molecule has 0 unspecified atom stereocenters. The quantitative estimate of drug-likeness (QED) is 0.797. The molecule has 0 aliphatic carbocycles. The number of para-hydroxylation sites is 1. The lowest BCUT2D eigenvalue weighted by Crippen LogP contribution is -2.01. The number of nitrogens with two attached hydrogens (primary N) is 1. The minimum absolute atomic E-state index is 0.312. The van der Waals surface area contributed by atoms with Gasteiger partial charge in [-0.1, -0.05) is 18.2 Å². The number of nitrogens with zero attached hydrogens (tertiary/aromatic N) is 1. The van der Waals surface area contributed by atoms with E-state index < -0.39 is 0 Å². The van der Waals surface area contributed by atoms with Crippen molar-refractivity contribution in [2.45, 2.75) is 12.8 Å². The molecule has 0 saturated carbocycles. The van der Waals surface area contributed by atoms with Gasteiger partial charge in [0, 0.05) is 24.2 Å². The van der Waals surface area contributed by atoms with Crippen molar-refractivity contribution in [3.05, 3.63) is 53.6 Å². The van der Waals surface area contributed by atoms with Gasteiger partial charge in [0.15, 0.2) is 0 Å². The highest BCUT2D eigenvalue weighted by molar-refractivity contribution is 5.67. The van der Waals surface area contributed by atoms with E-state index in [0.29, 0.717) is 18.7 Å². The number of nitrogens with one attached hydrogen (secondary N) is 1. The molecule has 0 spiro atoms. The van der Waals surface area contributed by atoms with Crippen LogP contribution in [0.2, 0.25) is 0 Å². The zero-order valence-electron chi connectivity index (χ0n) is 12.1. The van der Waals surface area contributed by atoms with Crippen LogP contribution in [0.15, 0.2) is 42.5 Å². The van der Waals surface area contributed by atoms with E-state index in [1.807, 2.05) is 36.4 Å². The summed E-state index contributed by atoms with van der Waals surface area (Å²) in [5.41, 5.74) is 10.5. The first-order valence-electron chi connectivity index (χ1n) is 6.84. The zero-order valence-corrected chi connectivity index (χ0v) is 12.1. The second-order valence-corrected chi connectivity index (χ2v) is 4.77. The van der Waals surface area contributed by atoms with Gasteiger partial charge in [-0.05, 0) is 41.8 Å². The summed E-state index contributed by atoms with van der Waals surface area (Å²) in [7, 11) is 1.70. The van der Waals surface area contributed by atoms with E-state index in [1.165, 1.54) is 5.56 Å². The molecule has 21 heavy (non-hydrogen) atoms. The highest BCUT2D eigenvalue weighted by atomic mass is 16.5. The summed E-state index contributed by atoms with van der Waals surface area (Å²) in [5, 5.41) is 12.2. The van der Waals surface area contributed by atoms with Crippen LogP contribution in [0.4, 0.5) is 17.1 Å². The molecule has 0 aliphatic heterocycles. The van der Waals surface area contributed by atoms with Gasteiger partial charge in [-0.3, -0.25) is 0 Å². The Morgan fingerprint density at radius 2 is 2.00 bits per heavy atom. The summed E-state index contributed by atoms with van der Waals surface area (Å²) in [6.45, 7) is 0.681. The van der Waals surface area contributed by atoms with Gasteiger partial charge in [-0.25, -0.2) is 0 Å². The van der Waals surface area contributed by atoms with Gasteiger partial charge < -0.3 is 15.8 Å². The number of hydrogen-bond donors (Lipinski definition) is 2. The monoisotopic (exact) mass is 281 g/mol. The van der Waals surface area contributed by atoms with E-state index in [1.54, 1.807) is 7.11 Å². The molecule has 0 heterocycles. The summed E-state index contributed by atoms with van der Waals surface area (Å²) >= 11 is 0. The van der Waals surface area contributed by atoms with Gasteiger partial charge in [0.2, 0.25) is 0 Å². The normalized spacial score (nSPS) is 10.1. The van der Waals surface area contributed by atoms with Gasteiger partial charge in [0.25, 0.3) is 0 Å². The maximum absolute atomic E-state index is 8.83. The molecule has 0 saturated heterocycles. The maximum Gasteiger partial charge on any atom is 0.0670 e. The molecule has 108 valence electrons. The molecule has 2 rings (SSSR count). The van der Waals surface area contributed by atoms with Crippen LogP contribution in [0.25, 0.3) is 0 Å². The van der Waals surface area contributed by atoms with Crippen molar-refractivity contribution in [3.63, 3.8) is 0 Å². The van der Waals surface area contributed by atoms with Crippen molar-refractivity contribution < 1.29 is 4.74 Å². The van der Waals surface area contributed by atoms with Crippen LogP contribution in [0.5, 0.6) is 0 Å². The third kappa shape index (κ3) is 3.98. The molecule has 0 radical (unpaired) electrons. The van der Waals surface area contributed by atoms with E-state index in [9.17, 15) is 0 Å². The van der Waals surface area contributed by atoms with Gasteiger partial charge in [0.05, 0.1) is 19.1 Å². The summed E-state index contributed by atoms with van der Waals surface area (Å²) in [4.78, 5) is 0. The Hall–Kier alpha value is -2.51. The van der Waals surface area contributed by atoms with Crippen molar-refractivity contribution in [2.24, 2.45) is 0 Å². The molecule has 0 aliphatic rings. The fourth-order valence-corrected chi connectivity index (χ4v) is 2.15. The van der Waals surface area contributed by atoms with Crippen LogP contribution in [0, 0.1) is 11.3 Å². The Balaban J connectivity index is 2.22. The van der Waals surface area contributed by atoms with Crippen molar-refractivity contribution in [3.8, 4) is 6.07 Å². The first kappa shape index (κ1) is 14.9. The summed E-state index contributed by atoms with van der Waals surface area (Å²) in [6.07, 6.45) is 1.16. The number of nitriles is 1. The maximum atomic E-state index is 8.83. The molecule has 4 nitrogen and oxygen atoms in total. The van der Waals surface area contributed by atoms with Crippen molar-refractivity contribution in [1.29, 1.82) is 5.26 Å². The summed E-state index contributed by atoms with van der Waals surface area (Å²) in [5.74, 6) is 0. The highest BCUT2D eigenvalue weighted by Gasteiger charge is 2.05. The number of methoxy groups -OCH3 is 1. The van der Waals surface area contributed by atoms with Gasteiger partial charge in [0.1, 0.15) is 0 Å². The van der Waals surface area contributed by atoms with Crippen LogP contribution >= 0.6 is 0 Å². The lowest BCUT2D eigenvalue weighted by Gasteiger charge is -2.13. The first-order chi connectivity index (χ1) is 10.2. The van der Waals surface area contributed by atoms with E-state index in [-0.39, 0.29) is 0 Å². The Morgan fingerprint density at radius 1 is 1.19 bits per heavy atom. The number of anilines is 3. The Labute approximate surface area is 125 Å². The number of hydrogen-bond acceptors (Lipinski definition) is 4. The Morgan fingerprint density at radius 3 is 2.76 bits per heavy atom.